The molecule has 0 aliphatic carbocycles. The smallest absolute Gasteiger partial charge is 0.275 e. The largest absolute Gasteiger partial charge is 0.494 e. The molecule has 0 spiro atoms. The Balaban J connectivity index is 1.53. The van der Waals surface area contributed by atoms with Crippen LogP contribution in [0.15, 0.2) is 78.9 Å². The molecule has 0 fully saturated rings. The highest BCUT2D eigenvalue weighted by Gasteiger charge is 2.54. The Morgan fingerprint density at radius 1 is 0.875 bits per heavy atom. The highest BCUT2D eigenvalue weighted by Crippen LogP contribution is 2.39. The molecule has 0 bridgehead atoms. The Kier molecular flexibility index (Phi) is 5.71. The molecule has 4 heteroatoms. The van der Waals surface area contributed by atoms with E-state index in [4.69, 9.17) is 4.74 Å². The Bertz CT molecular complexity index is 1090. The number of ether oxygens (including phenoxy) is 1. The zero-order valence-electron chi connectivity index (χ0n) is 18.7. The van der Waals surface area contributed by atoms with Crippen LogP contribution in [0.3, 0.4) is 0 Å². The molecular formula is C28H31N2O2+. The van der Waals surface area contributed by atoms with Gasteiger partial charge in [0.15, 0.2) is 6.54 Å². The third-order valence-corrected chi connectivity index (χ3v) is 6.59. The summed E-state index contributed by atoms with van der Waals surface area (Å²) in [6, 6.07) is 26.9. The van der Waals surface area contributed by atoms with Crippen LogP contribution in [0.5, 0.6) is 5.75 Å². The molecule has 2 aliphatic rings. The first-order valence-corrected chi connectivity index (χ1v) is 11.7. The first kappa shape index (κ1) is 20.8. The molecule has 0 radical (unpaired) electrons. The Morgan fingerprint density at radius 3 is 2.31 bits per heavy atom. The molecule has 0 saturated carbocycles. The lowest BCUT2D eigenvalue weighted by atomic mass is 9.96. The predicted octanol–water partition coefficient (Wildman–Crippen LogP) is 5.40. The van der Waals surface area contributed by atoms with Crippen molar-refractivity contribution in [3.05, 3.63) is 84.4 Å². The molecule has 0 saturated heterocycles. The lowest BCUT2D eigenvalue weighted by Crippen LogP contribution is -2.47. The van der Waals surface area contributed by atoms with Crippen molar-refractivity contribution in [2.75, 3.05) is 24.6 Å². The molecule has 3 aromatic carbocycles. The summed E-state index contributed by atoms with van der Waals surface area (Å²) in [4.78, 5) is 2.16. The summed E-state index contributed by atoms with van der Waals surface area (Å²) in [6.07, 6.45) is 4.55. The summed E-state index contributed by atoms with van der Waals surface area (Å²) in [6.45, 7) is 4.21. The zero-order chi connectivity index (χ0) is 22.0. The van der Waals surface area contributed by atoms with Crippen LogP contribution in [-0.4, -0.2) is 35.2 Å². The molecule has 0 amide bonds. The molecule has 5 rings (SSSR count). The van der Waals surface area contributed by atoms with Crippen LogP contribution >= 0.6 is 0 Å². The molecular weight excluding hydrogens is 396 g/mol. The van der Waals surface area contributed by atoms with Gasteiger partial charge in [-0.05, 0) is 61.6 Å². The maximum Gasteiger partial charge on any atom is 0.275 e. The lowest BCUT2D eigenvalue weighted by Gasteiger charge is -2.29. The summed E-state index contributed by atoms with van der Waals surface area (Å²) >= 11 is 0. The fourth-order valence-electron chi connectivity index (χ4n) is 5.02. The van der Waals surface area contributed by atoms with Gasteiger partial charge in [-0.15, -0.1) is 0 Å². The van der Waals surface area contributed by atoms with Crippen molar-refractivity contribution in [3.63, 3.8) is 0 Å². The highest BCUT2D eigenvalue weighted by atomic mass is 16.5. The van der Waals surface area contributed by atoms with E-state index in [0.29, 0.717) is 13.2 Å². The fourth-order valence-corrected chi connectivity index (χ4v) is 5.02. The van der Waals surface area contributed by atoms with Crippen molar-refractivity contribution in [2.24, 2.45) is 0 Å². The molecule has 4 nitrogen and oxygen atoms in total. The van der Waals surface area contributed by atoms with Gasteiger partial charge in [-0.2, -0.15) is 4.90 Å². The number of aliphatic hydroxyl groups is 1. The number of hydrogen-bond acceptors (Lipinski definition) is 3. The monoisotopic (exact) mass is 427 g/mol. The third-order valence-electron chi connectivity index (χ3n) is 6.59. The van der Waals surface area contributed by atoms with Gasteiger partial charge in [-0.3, -0.25) is 4.58 Å². The first-order chi connectivity index (χ1) is 15.7. The quantitative estimate of drug-likeness (QED) is 0.554. The summed E-state index contributed by atoms with van der Waals surface area (Å²) in [5.41, 5.74) is 3.17. The van der Waals surface area contributed by atoms with Crippen LogP contribution < -0.4 is 9.64 Å². The van der Waals surface area contributed by atoms with E-state index in [-0.39, 0.29) is 0 Å². The minimum atomic E-state index is -1.10. The number of hydrogen-bond donors (Lipinski definition) is 1. The molecule has 1 unspecified atom stereocenters. The van der Waals surface area contributed by atoms with Gasteiger partial charge in [-0.25, -0.2) is 0 Å². The van der Waals surface area contributed by atoms with Gasteiger partial charge < -0.3 is 9.84 Å². The van der Waals surface area contributed by atoms with E-state index in [2.05, 4.69) is 70.1 Å². The third kappa shape index (κ3) is 3.80. The zero-order valence-corrected chi connectivity index (χ0v) is 18.7. The van der Waals surface area contributed by atoms with Crippen LogP contribution in [0.2, 0.25) is 0 Å². The van der Waals surface area contributed by atoms with E-state index < -0.39 is 5.72 Å². The number of anilines is 1. The Labute approximate surface area is 190 Å². The van der Waals surface area contributed by atoms with E-state index in [1.807, 2.05) is 25.1 Å². The first-order valence-electron chi connectivity index (χ1n) is 11.7. The summed E-state index contributed by atoms with van der Waals surface area (Å²) in [5, 5.41) is 12.2. The van der Waals surface area contributed by atoms with Crippen molar-refractivity contribution in [2.45, 2.75) is 38.3 Å². The number of benzene rings is 3. The maximum atomic E-state index is 12.2. The average Bonchev–Trinajstić information content (AvgIpc) is 2.96. The molecule has 2 aliphatic heterocycles. The van der Waals surface area contributed by atoms with E-state index in [9.17, 15) is 5.11 Å². The fraction of sp³-hybridized carbons (Fsp3) is 0.321. The number of nitrogens with zero attached hydrogens (tertiary/aromatic N) is 2. The van der Waals surface area contributed by atoms with Crippen molar-refractivity contribution in [1.29, 1.82) is 0 Å². The summed E-state index contributed by atoms with van der Waals surface area (Å²) in [5.74, 6) is 2.08. The summed E-state index contributed by atoms with van der Waals surface area (Å²) < 4.78 is 8.03. The Morgan fingerprint density at radius 2 is 1.59 bits per heavy atom. The minimum absolute atomic E-state index is 0.584. The number of rotatable bonds is 5. The van der Waals surface area contributed by atoms with Gasteiger partial charge in [0.25, 0.3) is 11.6 Å². The average molecular weight is 428 g/mol. The summed E-state index contributed by atoms with van der Waals surface area (Å²) in [7, 11) is 0. The van der Waals surface area contributed by atoms with Crippen molar-refractivity contribution in [1.82, 2.24) is 0 Å². The SMILES string of the molecule is CCOc1ccc(N2C3=[N+](CCCCC3)CC2(O)c2ccc(-c3ccccc3)cc2)cc1. The van der Waals surface area contributed by atoms with Crippen LogP contribution in [0, 0.1) is 0 Å². The van der Waals surface area contributed by atoms with Gasteiger partial charge in [0.05, 0.1) is 13.2 Å². The van der Waals surface area contributed by atoms with Gasteiger partial charge in [0.2, 0.25) is 0 Å². The van der Waals surface area contributed by atoms with Crippen molar-refractivity contribution in [3.8, 4) is 16.9 Å². The predicted molar refractivity (Wildman–Crippen MR) is 129 cm³/mol. The van der Waals surface area contributed by atoms with Crippen molar-refractivity contribution >= 4 is 11.5 Å². The normalized spacial score (nSPS) is 20.8. The molecule has 0 aromatic heterocycles. The maximum absolute atomic E-state index is 12.2. The van der Waals surface area contributed by atoms with E-state index in [1.165, 1.54) is 24.2 Å². The van der Waals surface area contributed by atoms with Gasteiger partial charge in [-0.1, -0.05) is 54.6 Å². The Hall–Kier alpha value is -3.11. The standard InChI is InChI=1S/C28H31N2O2/c1-2-32-26-18-16-25(17-19-26)30-27-11-7-4-8-20-29(27)21-28(30,31)24-14-12-23(13-15-24)22-9-5-3-6-10-22/h3,5-6,9-10,12-19,31H,2,4,7-8,11,20-21H2,1H3/q+1. The van der Waals surface area contributed by atoms with Crippen LogP contribution in [0.1, 0.15) is 38.2 Å². The molecule has 164 valence electrons. The second kappa shape index (κ2) is 8.79. The van der Waals surface area contributed by atoms with E-state index in [1.54, 1.807) is 0 Å². The highest BCUT2D eigenvalue weighted by molar-refractivity contribution is 5.97. The van der Waals surface area contributed by atoms with Gasteiger partial charge >= 0.3 is 0 Å². The van der Waals surface area contributed by atoms with E-state index in [0.717, 1.165) is 42.0 Å². The molecule has 1 atom stereocenters. The second-order valence-corrected chi connectivity index (χ2v) is 8.67. The topological polar surface area (TPSA) is 35.7 Å². The van der Waals surface area contributed by atoms with Gasteiger partial charge in [0, 0.05) is 12.0 Å². The second-order valence-electron chi connectivity index (χ2n) is 8.67. The van der Waals surface area contributed by atoms with Crippen LogP contribution in [0.4, 0.5) is 5.69 Å². The van der Waals surface area contributed by atoms with Gasteiger partial charge in [0.1, 0.15) is 11.4 Å². The molecule has 3 aromatic rings. The van der Waals surface area contributed by atoms with Crippen molar-refractivity contribution < 1.29 is 14.4 Å². The molecule has 32 heavy (non-hydrogen) atoms. The molecule has 2 heterocycles. The van der Waals surface area contributed by atoms with E-state index >= 15 is 0 Å². The minimum Gasteiger partial charge on any atom is -0.494 e. The molecule has 1 N–H and O–H groups in total. The lowest BCUT2D eigenvalue weighted by molar-refractivity contribution is -0.534. The van der Waals surface area contributed by atoms with Crippen LogP contribution in [-0.2, 0) is 5.72 Å². The van der Waals surface area contributed by atoms with Crippen LogP contribution in [0.25, 0.3) is 11.1 Å². The number of amidine groups is 1.